The number of nitrogens with one attached hydrogen (secondary N) is 1. The number of aliphatic carboxylic acids is 1. The topological polar surface area (TPSA) is 66.4 Å². The Bertz CT molecular complexity index is 879. The summed E-state index contributed by atoms with van der Waals surface area (Å²) in [6, 6.07) is 13.8. The number of carbonyl (C=O) groups is 2. The Morgan fingerprint density at radius 1 is 1.07 bits per heavy atom. The normalized spacial score (nSPS) is 16.4. The van der Waals surface area contributed by atoms with Crippen LogP contribution in [0.2, 0.25) is 0 Å². The molecule has 1 unspecified atom stereocenters. The van der Waals surface area contributed by atoms with Crippen LogP contribution in [0.3, 0.4) is 0 Å². The lowest BCUT2D eigenvalue weighted by molar-refractivity contribution is -0.145. The Labute approximate surface area is 160 Å². The lowest BCUT2D eigenvalue weighted by atomic mass is 9.86. The van der Waals surface area contributed by atoms with E-state index >= 15 is 0 Å². The van der Waals surface area contributed by atoms with Crippen LogP contribution in [0.4, 0.5) is 0 Å². The summed E-state index contributed by atoms with van der Waals surface area (Å²) in [5.41, 5.74) is 5.71. The molecular weight excluding hydrogens is 338 g/mol. The molecule has 0 saturated heterocycles. The number of carboxylic acids is 1. The zero-order valence-electron chi connectivity index (χ0n) is 16.4. The van der Waals surface area contributed by atoms with Crippen molar-refractivity contribution < 1.29 is 14.7 Å². The SMILES string of the molecule is Cc1cccc2c1C(CCC(=O)N[C@H](C(=O)O)C(C)(C)C)c1ccccc1-2. The molecule has 2 N–H and O–H groups in total. The van der Waals surface area contributed by atoms with E-state index < -0.39 is 17.4 Å². The maximum Gasteiger partial charge on any atom is 0.326 e. The Balaban J connectivity index is 1.79. The van der Waals surface area contributed by atoms with Gasteiger partial charge in [-0.25, -0.2) is 4.79 Å². The van der Waals surface area contributed by atoms with E-state index in [4.69, 9.17) is 0 Å². The second-order valence-corrected chi connectivity index (χ2v) is 8.42. The monoisotopic (exact) mass is 365 g/mol. The number of fused-ring (bicyclic) bond motifs is 3. The number of aryl methyl sites for hydroxylation is 1. The number of carbonyl (C=O) groups excluding carboxylic acids is 1. The molecule has 27 heavy (non-hydrogen) atoms. The number of amides is 1. The fourth-order valence-electron chi connectivity index (χ4n) is 4.04. The molecule has 0 aromatic heterocycles. The van der Waals surface area contributed by atoms with Gasteiger partial charge in [0.15, 0.2) is 0 Å². The first-order chi connectivity index (χ1) is 12.7. The average molecular weight is 365 g/mol. The van der Waals surface area contributed by atoms with Gasteiger partial charge in [0.2, 0.25) is 5.91 Å². The van der Waals surface area contributed by atoms with Crippen molar-refractivity contribution in [1.29, 1.82) is 0 Å². The zero-order valence-corrected chi connectivity index (χ0v) is 16.4. The van der Waals surface area contributed by atoms with Crippen molar-refractivity contribution in [3.8, 4) is 11.1 Å². The van der Waals surface area contributed by atoms with E-state index in [2.05, 4.69) is 42.6 Å². The van der Waals surface area contributed by atoms with Crippen LogP contribution < -0.4 is 5.32 Å². The molecule has 2 atom stereocenters. The summed E-state index contributed by atoms with van der Waals surface area (Å²) in [7, 11) is 0. The minimum atomic E-state index is -0.997. The molecule has 4 heteroatoms. The number of carboxylic acid groups (broad SMARTS) is 1. The highest BCUT2D eigenvalue weighted by molar-refractivity contribution is 5.85. The quantitative estimate of drug-likeness (QED) is 0.820. The van der Waals surface area contributed by atoms with Gasteiger partial charge in [0.25, 0.3) is 0 Å². The smallest absolute Gasteiger partial charge is 0.326 e. The van der Waals surface area contributed by atoms with Crippen molar-refractivity contribution in [3.05, 3.63) is 59.2 Å². The molecule has 2 aromatic carbocycles. The summed E-state index contributed by atoms with van der Waals surface area (Å²) >= 11 is 0. The highest BCUT2D eigenvalue weighted by Gasteiger charge is 2.34. The van der Waals surface area contributed by atoms with Gasteiger partial charge in [0, 0.05) is 12.3 Å². The van der Waals surface area contributed by atoms with Gasteiger partial charge in [0.1, 0.15) is 6.04 Å². The number of rotatable bonds is 5. The predicted molar refractivity (Wildman–Crippen MR) is 107 cm³/mol. The molecule has 0 heterocycles. The Kier molecular flexibility index (Phi) is 5.09. The van der Waals surface area contributed by atoms with Crippen LogP contribution in [0.15, 0.2) is 42.5 Å². The summed E-state index contributed by atoms with van der Waals surface area (Å²) in [5.74, 6) is -1.04. The molecule has 0 spiro atoms. The van der Waals surface area contributed by atoms with Crippen LogP contribution in [0.25, 0.3) is 11.1 Å². The highest BCUT2D eigenvalue weighted by Crippen LogP contribution is 2.47. The summed E-state index contributed by atoms with van der Waals surface area (Å²) in [6.45, 7) is 7.56. The largest absolute Gasteiger partial charge is 0.480 e. The van der Waals surface area contributed by atoms with E-state index in [9.17, 15) is 14.7 Å². The van der Waals surface area contributed by atoms with Gasteiger partial charge in [-0.05, 0) is 46.6 Å². The van der Waals surface area contributed by atoms with Crippen LogP contribution in [0.1, 0.15) is 56.2 Å². The van der Waals surface area contributed by atoms with Gasteiger partial charge < -0.3 is 10.4 Å². The van der Waals surface area contributed by atoms with E-state index in [-0.39, 0.29) is 11.8 Å². The van der Waals surface area contributed by atoms with Crippen LogP contribution in [0.5, 0.6) is 0 Å². The fraction of sp³-hybridized carbons (Fsp3) is 0.391. The standard InChI is InChI=1S/C23H27NO3/c1-14-8-7-11-17-15-9-5-6-10-16(15)18(20(14)17)12-13-19(25)24-21(22(26)27)23(2,3)4/h5-11,18,21H,12-13H2,1-4H3,(H,24,25)(H,26,27)/t18?,21-/m1/s1. The molecule has 0 saturated carbocycles. The summed E-state index contributed by atoms with van der Waals surface area (Å²) in [5, 5.41) is 12.1. The van der Waals surface area contributed by atoms with Crippen molar-refractivity contribution >= 4 is 11.9 Å². The van der Waals surface area contributed by atoms with E-state index in [0.29, 0.717) is 12.8 Å². The maximum atomic E-state index is 12.5. The van der Waals surface area contributed by atoms with Crippen LogP contribution >= 0.6 is 0 Å². The van der Waals surface area contributed by atoms with E-state index in [1.165, 1.54) is 27.8 Å². The molecule has 0 aliphatic heterocycles. The molecule has 1 amide bonds. The van der Waals surface area contributed by atoms with Crippen molar-refractivity contribution in [3.63, 3.8) is 0 Å². The lowest BCUT2D eigenvalue weighted by Gasteiger charge is -2.28. The van der Waals surface area contributed by atoms with E-state index in [0.717, 1.165) is 0 Å². The first-order valence-corrected chi connectivity index (χ1v) is 9.41. The molecule has 0 fully saturated rings. The molecule has 0 bridgehead atoms. The Morgan fingerprint density at radius 3 is 2.41 bits per heavy atom. The van der Waals surface area contributed by atoms with E-state index in [1.54, 1.807) is 0 Å². The molecule has 3 rings (SSSR count). The Hall–Kier alpha value is -2.62. The van der Waals surface area contributed by atoms with Gasteiger partial charge >= 0.3 is 5.97 Å². The molecule has 0 radical (unpaired) electrons. The Morgan fingerprint density at radius 2 is 1.74 bits per heavy atom. The minimum absolute atomic E-state index is 0.168. The molecular formula is C23H27NO3. The van der Waals surface area contributed by atoms with Gasteiger partial charge in [0.05, 0.1) is 0 Å². The van der Waals surface area contributed by atoms with Gasteiger partial charge in [-0.3, -0.25) is 4.79 Å². The summed E-state index contributed by atoms with van der Waals surface area (Å²) in [6.07, 6.45) is 0.962. The number of benzene rings is 2. The zero-order chi connectivity index (χ0) is 19.8. The molecule has 1 aliphatic rings. The maximum absolute atomic E-state index is 12.5. The third-order valence-corrected chi connectivity index (χ3v) is 5.38. The van der Waals surface area contributed by atoms with Crippen molar-refractivity contribution in [2.75, 3.05) is 0 Å². The summed E-state index contributed by atoms with van der Waals surface area (Å²) < 4.78 is 0. The average Bonchev–Trinajstić information content (AvgIpc) is 2.92. The minimum Gasteiger partial charge on any atom is -0.480 e. The number of hydrogen-bond donors (Lipinski definition) is 2. The van der Waals surface area contributed by atoms with Gasteiger partial charge in [-0.1, -0.05) is 63.2 Å². The van der Waals surface area contributed by atoms with Crippen LogP contribution in [-0.4, -0.2) is 23.0 Å². The van der Waals surface area contributed by atoms with Gasteiger partial charge in [-0.15, -0.1) is 0 Å². The van der Waals surface area contributed by atoms with Crippen LogP contribution in [0, 0.1) is 12.3 Å². The van der Waals surface area contributed by atoms with Crippen molar-refractivity contribution in [2.45, 2.75) is 52.5 Å². The van der Waals surface area contributed by atoms with Crippen molar-refractivity contribution in [2.24, 2.45) is 5.41 Å². The third kappa shape index (κ3) is 3.75. The second kappa shape index (κ2) is 7.18. The van der Waals surface area contributed by atoms with Crippen molar-refractivity contribution in [1.82, 2.24) is 5.32 Å². The highest BCUT2D eigenvalue weighted by atomic mass is 16.4. The second-order valence-electron chi connectivity index (χ2n) is 8.42. The fourth-order valence-corrected chi connectivity index (χ4v) is 4.04. The molecule has 4 nitrogen and oxygen atoms in total. The third-order valence-electron chi connectivity index (χ3n) is 5.38. The molecule has 1 aliphatic carbocycles. The molecule has 2 aromatic rings. The first kappa shape index (κ1) is 19.2. The lowest BCUT2D eigenvalue weighted by Crippen LogP contribution is -2.49. The predicted octanol–water partition coefficient (Wildman–Crippen LogP) is 4.50. The summed E-state index contributed by atoms with van der Waals surface area (Å²) in [4.78, 5) is 24.0. The van der Waals surface area contributed by atoms with Gasteiger partial charge in [-0.2, -0.15) is 0 Å². The van der Waals surface area contributed by atoms with Crippen LogP contribution in [-0.2, 0) is 9.59 Å². The van der Waals surface area contributed by atoms with E-state index in [1.807, 2.05) is 32.9 Å². The molecule has 142 valence electrons. The number of hydrogen-bond acceptors (Lipinski definition) is 2. The first-order valence-electron chi connectivity index (χ1n) is 9.41.